The molecule has 2 bridgehead atoms. The van der Waals surface area contributed by atoms with E-state index in [1.165, 1.54) is 12.3 Å². The number of rotatable bonds is 5. The van der Waals surface area contributed by atoms with Gasteiger partial charge in [0.1, 0.15) is 11.9 Å². The van der Waals surface area contributed by atoms with Gasteiger partial charge in [-0.25, -0.2) is 9.37 Å². The number of benzene rings is 1. The fourth-order valence-electron chi connectivity index (χ4n) is 5.37. The van der Waals surface area contributed by atoms with Crippen LogP contribution in [0.4, 0.5) is 10.2 Å². The summed E-state index contributed by atoms with van der Waals surface area (Å²) in [5.74, 6) is 0.774. The van der Waals surface area contributed by atoms with Crippen molar-refractivity contribution in [2.75, 3.05) is 32.6 Å². The van der Waals surface area contributed by atoms with Crippen LogP contribution >= 0.6 is 0 Å². The first-order valence-electron chi connectivity index (χ1n) is 12.4. The van der Waals surface area contributed by atoms with Crippen LogP contribution in [0.15, 0.2) is 48.7 Å². The third-order valence-corrected chi connectivity index (χ3v) is 7.34. The van der Waals surface area contributed by atoms with Gasteiger partial charge in [-0.3, -0.25) is 4.90 Å². The standard InChI is InChI=1S/C25H28FN5O2/c1-25-13-17(14-30(25)2)23(24(25)26)31(3)21-8-7-19(28-29-21)18-6-5-15(11-20(18)32)16-9-10-27-22(12-16)33-4/h5-12,17,23-24,32H,13-14H2,1-4H3/t17?,23-,24-,25-/m1/s1/i4D3. The Morgan fingerprint density at radius 1 is 1.21 bits per heavy atom. The average Bonchev–Trinajstić information content (AvgIpc) is 3.26. The monoisotopic (exact) mass is 452 g/mol. The number of fused-ring (bicyclic) bond motifs is 2. The summed E-state index contributed by atoms with van der Waals surface area (Å²) in [6, 6.07) is 11.6. The second-order valence-corrected chi connectivity index (χ2v) is 9.20. The molecule has 1 aliphatic heterocycles. The second-order valence-electron chi connectivity index (χ2n) is 9.20. The number of alkyl halides is 1. The lowest BCUT2D eigenvalue weighted by atomic mass is 9.95. The molecule has 1 saturated carbocycles. The van der Waals surface area contributed by atoms with Crippen molar-refractivity contribution in [1.29, 1.82) is 0 Å². The maximum Gasteiger partial charge on any atom is 0.213 e. The molecule has 1 N–H and O–H groups in total. The number of ether oxygens (including phenoxy) is 1. The molecular weight excluding hydrogens is 421 g/mol. The smallest absolute Gasteiger partial charge is 0.213 e. The number of halogens is 1. The number of pyridine rings is 1. The van der Waals surface area contributed by atoms with E-state index in [1.807, 2.05) is 25.9 Å². The number of phenolic OH excluding ortho intramolecular Hbond substituents is 1. The van der Waals surface area contributed by atoms with Gasteiger partial charge in [0, 0.05) is 31.4 Å². The number of aromatic nitrogens is 3. The SMILES string of the molecule is [2H]C([2H])([2H])Oc1cc(-c2ccc(-c3ccc(N(C)[C@@H]4C5CN(C)[C@](C)(C5)[C@@H]4F)nn3)c(O)c2)ccn1. The van der Waals surface area contributed by atoms with Crippen molar-refractivity contribution in [2.45, 2.75) is 31.1 Å². The molecule has 0 amide bonds. The van der Waals surface area contributed by atoms with E-state index >= 15 is 4.39 Å². The molecule has 5 rings (SSSR count). The Balaban J connectivity index is 1.34. The molecule has 33 heavy (non-hydrogen) atoms. The summed E-state index contributed by atoms with van der Waals surface area (Å²) >= 11 is 0. The number of nitrogens with zero attached hydrogens (tertiary/aromatic N) is 5. The summed E-state index contributed by atoms with van der Waals surface area (Å²) < 4.78 is 41.9. The zero-order valence-corrected chi connectivity index (χ0v) is 18.7. The quantitative estimate of drug-likeness (QED) is 0.631. The van der Waals surface area contributed by atoms with Crippen molar-refractivity contribution in [3.8, 4) is 34.0 Å². The number of likely N-dealkylation sites (tertiary alicyclic amines) is 1. The zero-order valence-electron chi connectivity index (χ0n) is 21.7. The zero-order chi connectivity index (χ0) is 25.8. The Morgan fingerprint density at radius 2 is 2.03 bits per heavy atom. The van der Waals surface area contributed by atoms with Gasteiger partial charge in [-0.15, -0.1) is 10.2 Å². The van der Waals surface area contributed by atoms with Crippen LogP contribution in [-0.2, 0) is 0 Å². The van der Waals surface area contributed by atoms with Crippen molar-refractivity contribution in [3.05, 3.63) is 48.7 Å². The highest BCUT2D eigenvalue weighted by atomic mass is 19.1. The number of piperidine rings is 1. The van der Waals surface area contributed by atoms with Crippen LogP contribution in [-0.4, -0.2) is 70.6 Å². The van der Waals surface area contributed by atoms with E-state index in [-0.39, 0.29) is 23.6 Å². The van der Waals surface area contributed by atoms with E-state index in [2.05, 4.69) is 20.1 Å². The molecule has 1 unspecified atom stereocenters. The highest BCUT2D eigenvalue weighted by molar-refractivity contribution is 5.74. The van der Waals surface area contributed by atoms with Gasteiger partial charge in [-0.2, -0.15) is 0 Å². The normalized spacial score (nSPS) is 28.2. The summed E-state index contributed by atoms with van der Waals surface area (Å²) in [4.78, 5) is 7.92. The summed E-state index contributed by atoms with van der Waals surface area (Å²) in [7, 11) is 1.23. The van der Waals surface area contributed by atoms with Crippen molar-refractivity contribution >= 4 is 5.82 Å². The van der Waals surface area contributed by atoms with E-state index in [4.69, 9.17) is 8.85 Å². The highest BCUT2D eigenvalue weighted by Crippen LogP contribution is 2.49. The van der Waals surface area contributed by atoms with Gasteiger partial charge in [0.2, 0.25) is 5.88 Å². The van der Waals surface area contributed by atoms with E-state index < -0.39 is 18.7 Å². The first-order valence-corrected chi connectivity index (χ1v) is 10.9. The minimum atomic E-state index is -2.60. The van der Waals surface area contributed by atoms with Gasteiger partial charge in [0.05, 0.1) is 28.4 Å². The summed E-state index contributed by atoms with van der Waals surface area (Å²) in [6.07, 6.45) is 1.29. The molecule has 2 fully saturated rings. The molecule has 2 aliphatic rings. The van der Waals surface area contributed by atoms with E-state index in [0.29, 0.717) is 28.2 Å². The first kappa shape index (κ1) is 18.2. The largest absolute Gasteiger partial charge is 0.507 e. The molecule has 7 nitrogen and oxygen atoms in total. The van der Waals surface area contributed by atoms with Gasteiger partial charge in [-0.1, -0.05) is 6.07 Å². The van der Waals surface area contributed by atoms with Crippen LogP contribution in [0.2, 0.25) is 0 Å². The van der Waals surface area contributed by atoms with E-state index in [0.717, 1.165) is 13.0 Å². The number of methoxy groups -OCH3 is 1. The van der Waals surface area contributed by atoms with Crippen LogP contribution in [0, 0.1) is 5.92 Å². The predicted molar refractivity (Wildman–Crippen MR) is 125 cm³/mol. The second kappa shape index (κ2) is 7.95. The topological polar surface area (TPSA) is 74.6 Å². The van der Waals surface area contributed by atoms with Gasteiger partial charge in [-0.05, 0) is 67.8 Å². The molecule has 4 atom stereocenters. The molecule has 3 aromatic rings. The third kappa shape index (κ3) is 3.49. The molecule has 2 aromatic heterocycles. The molecule has 1 aromatic carbocycles. The summed E-state index contributed by atoms with van der Waals surface area (Å²) in [5, 5.41) is 19.3. The number of anilines is 1. The van der Waals surface area contributed by atoms with Gasteiger partial charge < -0.3 is 14.7 Å². The Morgan fingerprint density at radius 3 is 2.70 bits per heavy atom. The molecule has 172 valence electrons. The van der Waals surface area contributed by atoms with Crippen LogP contribution < -0.4 is 9.64 Å². The van der Waals surface area contributed by atoms with Crippen molar-refractivity contribution < 1.29 is 18.3 Å². The number of hydrogen-bond donors (Lipinski definition) is 1. The van der Waals surface area contributed by atoms with Crippen LogP contribution in [0.25, 0.3) is 22.4 Å². The molecule has 8 heteroatoms. The maximum absolute atomic E-state index is 15.3. The van der Waals surface area contributed by atoms with Crippen LogP contribution in [0.1, 0.15) is 17.5 Å². The Hall–Kier alpha value is -3.26. The van der Waals surface area contributed by atoms with Crippen molar-refractivity contribution in [3.63, 3.8) is 0 Å². The lowest BCUT2D eigenvalue weighted by Crippen LogP contribution is -2.57. The Labute approximate surface area is 197 Å². The fraction of sp³-hybridized carbons (Fsp3) is 0.400. The fourth-order valence-corrected chi connectivity index (χ4v) is 5.37. The van der Waals surface area contributed by atoms with E-state index in [1.54, 1.807) is 36.4 Å². The van der Waals surface area contributed by atoms with Crippen molar-refractivity contribution in [1.82, 2.24) is 20.1 Å². The minimum Gasteiger partial charge on any atom is -0.507 e. The third-order valence-electron chi connectivity index (χ3n) is 7.34. The number of aromatic hydroxyl groups is 1. The summed E-state index contributed by atoms with van der Waals surface area (Å²) in [6.45, 7) is 2.85. The first-order chi connectivity index (χ1) is 17.0. The molecule has 0 spiro atoms. The van der Waals surface area contributed by atoms with Crippen molar-refractivity contribution in [2.24, 2.45) is 5.92 Å². The van der Waals surface area contributed by atoms with Gasteiger partial charge >= 0.3 is 0 Å². The number of hydrogen-bond acceptors (Lipinski definition) is 7. The van der Waals surface area contributed by atoms with Gasteiger partial charge in [0.15, 0.2) is 5.82 Å². The maximum atomic E-state index is 15.3. The Kier molecular flexibility index (Phi) is 4.38. The molecule has 3 heterocycles. The minimum absolute atomic E-state index is 0.00843. The lowest BCUT2D eigenvalue weighted by molar-refractivity contribution is 0.0572. The van der Waals surface area contributed by atoms with Gasteiger partial charge in [0.25, 0.3) is 0 Å². The lowest BCUT2D eigenvalue weighted by Gasteiger charge is -2.42. The summed E-state index contributed by atoms with van der Waals surface area (Å²) in [5.41, 5.74) is 1.82. The number of phenols is 1. The molecule has 1 saturated heterocycles. The van der Waals surface area contributed by atoms with Crippen LogP contribution in [0.3, 0.4) is 0 Å². The van der Waals surface area contributed by atoms with Crippen LogP contribution in [0.5, 0.6) is 11.6 Å². The Bertz CT molecular complexity index is 1280. The molecular formula is C25H28FN5O2. The highest BCUT2D eigenvalue weighted by Gasteiger charge is 2.60. The molecule has 0 radical (unpaired) electrons. The van der Waals surface area contributed by atoms with E-state index in [9.17, 15) is 5.11 Å². The average molecular weight is 453 g/mol. The predicted octanol–water partition coefficient (Wildman–Crippen LogP) is 3.79. The molecule has 1 aliphatic carbocycles.